The van der Waals surface area contributed by atoms with E-state index in [1.54, 1.807) is 17.0 Å². The van der Waals surface area contributed by atoms with Gasteiger partial charge in [-0.25, -0.2) is 4.79 Å². The fourth-order valence-corrected chi connectivity index (χ4v) is 2.75. The molecule has 0 aliphatic rings. The minimum Gasteiger partial charge on any atom is -0.457 e. The van der Waals surface area contributed by atoms with Crippen molar-refractivity contribution in [2.75, 3.05) is 0 Å². The summed E-state index contributed by atoms with van der Waals surface area (Å²) < 4.78 is 7.39. The Labute approximate surface area is 150 Å². The predicted octanol–water partition coefficient (Wildman–Crippen LogP) is 4.59. The Morgan fingerprint density at radius 2 is 1.81 bits per heavy atom. The third kappa shape index (κ3) is 3.42. The first-order valence-corrected chi connectivity index (χ1v) is 8.32. The molecule has 0 unspecified atom stereocenters. The number of fused-ring (bicyclic) bond motifs is 1. The second-order valence-electron chi connectivity index (χ2n) is 5.81. The van der Waals surface area contributed by atoms with Crippen molar-refractivity contribution in [2.45, 2.75) is 6.54 Å². The highest BCUT2D eigenvalue weighted by atomic mass is 16.5. The summed E-state index contributed by atoms with van der Waals surface area (Å²) in [5.41, 5.74) is 2.54. The van der Waals surface area contributed by atoms with E-state index < -0.39 is 0 Å². The molecule has 0 radical (unpaired) electrons. The van der Waals surface area contributed by atoms with Crippen molar-refractivity contribution < 1.29 is 9.53 Å². The monoisotopic (exact) mass is 343 g/mol. The van der Waals surface area contributed by atoms with Gasteiger partial charge in [0, 0.05) is 18.9 Å². The number of hydrogen-bond acceptors (Lipinski definition) is 3. The highest BCUT2D eigenvalue weighted by molar-refractivity contribution is 5.89. The summed E-state index contributed by atoms with van der Waals surface area (Å²) >= 11 is 0. The maximum atomic E-state index is 12.5. The van der Waals surface area contributed by atoms with Crippen molar-refractivity contribution in [3.63, 3.8) is 0 Å². The Hall–Kier alpha value is -3.60. The quantitative estimate of drug-likeness (QED) is 0.590. The fraction of sp³-hybridized carbons (Fsp3) is 0.0476. The highest BCUT2D eigenvalue weighted by Gasteiger charge is 2.09. The van der Waals surface area contributed by atoms with Gasteiger partial charge in [0.2, 0.25) is 0 Å². The molecule has 1 N–H and O–H groups in total. The molecule has 2 aromatic carbocycles. The minimum atomic E-state index is -0.192. The molecule has 0 bridgehead atoms. The highest BCUT2D eigenvalue weighted by Crippen LogP contribution is 2.21. The average molecular weight is 343 g/mol. The van der Waals surface area contributed by atoms with Gasteiger partial charge in [0.25, 0.3) is 0 Å². The largest absolute Gasteiger partial charge is 0.457 e. The molecule has 5 heteroatoms. The smallest absolute Gasteiger partial charge is 0.326 e. The Balaban J connectivity index is 1.44. The number of aromatic nitrogens is 2. The molecule has 0 aliphatic heterocycles. The van der Waals surface area contributed by atoms with Gasteiger partial charge in [-0.05, 0) is 48.0 Å². The predicted molar refractivity (Wildman–Crippen MR) is 100 cm³/mol. The van der Waals surface area contributed by atoms with Crippen LogP contribution in [0.25, 0.3) is 11.0 Å². The van der Waals surface area contributed by atoms with Crippen molar-refractivity contribution in [3.05, 3.63) is 90.8 Å². The van der Waals surface area contributed by atoms with Crippen molar-refractivity contribution in [3.8, 4) is 11.5 Å². The SMILES string of the molecule is O=C(NCc1cccc(Oc2ccccc2)c1)n1ccc2ncccc21. The number of carbonyl (C=O) groups is 1. The van der Waals surface area contributed by atoms with Gasteiger partial charge in [-0.15, -0.1) is 0 Å². The van der Waals surface area contributed by atoms with Gasteiger partial charge in [0.05, 0.1) is 11.0 Å². The summed E-state index contributed by atoms with van der Waals surface area (Å²) in [5, 5.41) is 2.93. The number of pyridine rings is 1. The van der Waals surface area contributed by atoms with E-state index >= 15 is 0 Å². The summed E-state index contributed by atoms with van der Waals surface area (Å²) in [4.78, 5) is 16.7. The Morgan fingerprint density at radius 3 is 2.69 bits per heavy atom. The number of benzene rings is 2. The summed E-state index contributed by atoms with van der Waals surface area (Å²) in [6, 6.07) is 22.6. The molecule has 2 heterocycles. The lowest BCUT2D eigenvalue weighted by molar-refractivity contribution is 0.243. The van der Waals surface area contributed by atoms with Crippen LogP contribution in [0.4, 0.5) is 4.79 Å². The molecule has 5 nitrogen and oxygen atoms in total. The topological polar surface area (TPSA) is 56.1 Å². The lowest BCUT2D eigenvalue weighted by Gasteiger charge is -2.09. The first-order chi connectivity index (χ1) is 12.8. The summed E-state index contributed by atoms with van der Waals surface area (Å²) in [5.74, 6) is 1.51. The minimum absolute atomic E-state index is 0.192. The Morgan fingerprint density at radius 1 is 0.962 bits per heavy atom. The number of carbonyl (C=O) groups excluding carboxylic acids is 1. The van der Waals surface area contributed by atoms with Crippen LogP contribution < -0.4 is 10.1 Å². The summed E-state index contributed by atoms with van der Waals surface area (Å²) in [7, 11) is 0. The molecule has 0 saturated heterocycles. The number of hydrogen-bond donors (Lipinski definition) is 1. The first-order valence-electron chi connectivity index (χ1n) is 8.32. The third-order valence-corrected chi connectivity index (χ3v) is 4.00. The molecule has 4 aromatic rings. The number of nitrogens with zero attached hydrogens (tertiary/aromatic N) is 2. The molecule has 0 fully saturated rings. The molecule has 1 amide bonds. The van der Waals surface area contributed by atoms with Crippen molar-refractivity contribution in [1.82, 2.24) is 14.9 Å². The molecule has 2 aromatic heterocycles. The van der Waals surface area contributed by atoms with Crippen LogP contribution in [-0.4, -0.2) is 15.6 Å². The van der Waals surface area contributed by atoms with Crippen molar-refractivity contribution in [2.24, 2.45) is 0 Å². The number of nitrogens with one attached hydrogen (secondary N) is 1. The Bertz CT molecular complexity index is 1040. The third-order valence-electron chi connectivity index (χ3n) is 4.00. The molecule has 4 rings (SSSR count). The summed E-state index contributed by atoms with van der Waals surface area (Å²) in [6.45, 7) is 0.407. The van der Waals surface area contributed by atoms with Gasteiger partial charge >= 0.3 is 6.03 Å². The lowest BCUT2D eigenvalue weighted by atomic mass is 10.2. The molecule has 0 spiro atoms. The van der Waals surface area contributed by atoms with Gasteiger partial charge in [-0.2, -0.15) is 0 Å². The molecule has 0 saturated carbocycles. The van der Waals surface area contributed by atoms with Gasteiger partial charge in [-0.3, -0.25) is 9.55 Å². The van der Waals surface area contributed by atoms with Crippen LogP contribution in [0.2, 0.25) is 0 Å². The van der Waals surface area contributed by atoms with Crippen LogP contribution in [0, 0.1) is 0 Å². The van der Waals surface area contributed by atoms with E-state index in [1.165, 1.54) is 0 Å². The van der Waals surface area contributed by atoms with Gasteiger partial charge in [0.1, 0.15) is 11.5 Å². The Kier molecular flexibility index (Phi) is 4.35. The van der Waals surface area contributed by atoms with E-state index in [1.807, 2.05) is 72.8 Å². The molecule has 26 heavy (non-hydrogen) atoms. The normalized spacial score (nSPS) is 10.6. The molecule has 0 atom stereocenters. The number of rotatable bonds is 4. The van der Waals surface area contributed by atoms with Crippen LogP contribution in [0.15, 0.2) is 85.2 Å². The first kappa shape index (κ1) is 15.9. The summed E-state index contributed by atoms with van der Waals surface area (Å²) in [6.07, 6.45) is 3.44. The maximum absolute atomic E-state index is 12.5. The van der Waals surface area contributed by atoms with E-state index in [2.05, 4.69) is 10.3 Å². The van der Waals surface area contributed by atoms with Gasteiger partial charge < -0.3 is 10.1 Å². The lowest BCUT2D eigenvalue weighted by Crippen LogP contribution is -2.27. The maximum Gasteiger partial charge on any atom is 0.326 e. The van der Waals surface area contributed by atoms with Crippen LogP contribution >= 0.6 is 0 Å². The van der Waals surface area contributed by atoms with E-state index in [9.17, 15) is 4.79 Å². The van der Waals surface area contributed by atoms with E-state index in [-0.39, 0.29) is 6.03 Å². The number of amides is 1. The zero-order chi connectivity index (χ0) is 17.8. The average Bonchev–Trinajstić information content (AvgIpc) is 3.11. The number of ether oxygens (including phenoxy) is 1. The van der Waals surface area contributed by atoms with Gasteiger partial charge in [0.15, 0.2) is 0 Å². The zero-order valence-corrected chi connectivity index (χ0v) is 14.0. The molecular weight excluding hydrogens is 326 g/mol. The van der Waals surface area contributed by atoms with Crippen LogP contribution in [-0.2, 0) is 6.54 Å². The zero-order valence-electron chi connectivity index (χ0n) is 14.0. The van der Waals surface area contributed by atoms with Crippen LogP contribution in [0.1, 0.15) is 5.56 Å². The molecule has 0 aliphatic carbocycles. The van der Waals surface area contributed by atoms with E-state index in [4.69, 9.17) is 4.74 Å². The second-order valence-corrected chi connectivity index (χ2v) is 5.81. The standard InChI is InChI=1S/C21H17N3O2/c25-21(24-13-11-19-20(24)10-5-12-22-19)23-15-16-6-4-9-18(14-16)26-17-7-2-1-3-8-17/h1-14H,15H2,(H,23,25). The van der Waals surface area contributed by atoms with Crippen molar-refractivity contribution in [1.29, 1.82) is 0 Å². The molecular formula is C21H17N3O2. The van der Waals surface area contributed by atoms with Gasteiger partial charge in [-0.1, -0.05) is 30.3 Å². The van der Waals surface area contributed by atoms with E-state index in [0.717, 1.165) is 28.1 Å². The number of para-hydroxylation sites is 1. The second kappa shape index (κ2) is 7.11. The van der Waals surface area contributed by atoms with Crippen molar-refractivity contribution >= 4 is 17.1 Å². The fourth-order valence-electron chi connectivity index (χ4n) is 2.75. The van der Waals surface area contributed by atoms with Crippen LogP contribution in [0.3, 0.4) is 0 Å². The van der Waals surface area contributed by atoms with Crippen LogP contribution in [0.5, 0.6) is 11.5 Å². The molecule has 128 valence electrons. The van der Waals surface area contributed by atoms with E-state index in [0.29, 0.717) is 6.54 Å².